The molecule has 0 saturated heterocycles. The van der Waals surface area contributed by atoms with Crippen LogP contribution in [-0.4, -0.2) is 49.4 Å². The first-order valence-electron chi connectivity index (χ1n) is 6.29. The maximum absolute atomic E-state index is 11.7. The Morgan fingerprint density at radius 1 is 1.41 bits per heavy atom. The smallest absolute Gasteiger partial charge is 0.239 e. The lowest BCUT2D eigenvalue weighted by molar-refractivity contribution is -0.131. The first-order chi connectivity index (χ1) is 8.04. The number of rotatable bonds is 7. The standard InChI is InChI=1S/C12H23N3O2/c1-4-15(3)12(17)9(2)13-8-11(16)14-7-10-5-6-10/h9-10,13H,4-8H2,1-3H3,(H,14,16). The van der Waals surface area contributed by atoms with Gasteiger partial charge >= 0.3 is 0 Å². The summed E-state index contributed by atoms with van der Waals surface area (Å²) in [6.45, 7) is 5.36. The number of carbonyl (C=O) groups is 2. The summed E-state index contributed by atoms with van der Waals surface area (Å²) < 4.78 is 0. The molecule has 1 saturated carbocycles. The van der Waals surface area contributed by atoms with Gasteiger partial charge in [-0.15, -0.1) is 0 Å². The highest BCUT2D eigenvalue weighted by Gasteiger charge is 2.22. The molecule has 0 aromatic rings. The molecule has 1 fully saturated rings. The summed E-state index contributed by atoms with van der Waals surface area (Å²) in [6, 6.07) is -0.313. The van der Waals surface area contributed by atoms with E-state index in [-0.39, 0.29) is 24.4 Å². The average molecular weight is 241 g/mol. The third-order valence-corrected chi connectivity index (χ3v) is 3.07. The summed E-state index contributed by atoms with van der Waals surface area (Å²) >= 11 is 0. The summed E-state index contributed by atoms with van der Waals surface area (Å²) in [5, 5.41) is 5.79. The highest BCUT2D eigenvalue weighted by molar-refractivity contribution is 5.83. The van der Waals surface area contributed by atoms with Crippen LogP contribution in [0.25, 0.3) is 0 Å². The lowest BCUT2D eigenvalue weighted by Crippen LogP contribution is -2.46. The predicted octanol–water partition coefficient (Wildman–Crippen LogP) is -0.0310. The first kappa shape index (κ1) is 14.0. The Morgan fingerprint density at radius 2 is 2.06 bits per heavy atom. The Balaban J connectivity index is 2.14. The van der Waals surface area contributed by atoms with Gasteiger partial charge in [-0.05, 0) is 32.6 Å². The molecule has 0 heterocycles. The molecule has 0 spiro atoms. The van der Waals surface area contributed by atoms with Crippen molar-refractivity contribution in [1.29, 1.82) is 0 Å². The number of hydrogen-bond donors (Lipinski definition) is 2. The summed E-state index contributed by atoms with van der Waals surface area (Å²) in [5.41, 5.74) is 0. The zero-order valence-electron chi connectivity index (χ0n) is 11.0. The fraction of sp³-hybridized carbons (Fsp3) is 0.833. The number of likely N-dealkylation sites (N-methyl/N-ethyl adjacent to an activating group) is 1. The van der Waals surface area contributed by atoms with Crippen molar-refractivity contribution in [1.82, 2.24) is 15.5 Å². The van der Waals surface area contributed by atoms with Gasteiger partial charge in [0.15, 0.2) is 0 Å². The number of nitrogens with one attached hydrogen (secondary N) is 2. The highest BCUT2D eigenvalue weighted by atomic mass is 16.2. The van der Waals surface area contributed by atoms with Crippen LogP contribution < -0.4 is 10.6 Å². The van der Waals surface area contributed by atoms with Gasteiger partial charge in [0.2, 0.25) is 11.8 Å². The molecule has 0 radical (unpaired) electrons. The predicted molar refractivity (Wildman–Crippen MR) is 66.5 cm³/mol. The fourth-order valence-corrected chi connectivity index (χ4v) is 1.46. The van der Waals surface area contributed by atoms with E-state index >= 15 is 0 Å². The second-order valence-corrected chi connectivity index (χ2v) is 4.70. The molecule has 2 N–H and O–H groups in total. The van der Waals surface area contributed by atoms with Gasteiger partial charge in [-0.3, -0.25) is 14.9 Å². The van der Waals surface area contributed by atoms with Crippen LogP contribution in [0.4, 0.5) is 0 Å². The molecule has 0 aromatic carbocycles. The quantitative estimate of drug-likeness (QED) is 0.658. The van der Waals surface area contributed by atoms with E-state index in [0.717, 1.165) is 6.54 Å². The molecule has 0 bridgehead atoms. The van der Waals surface area contributed by atoms with E-state index < -0.39 is 0 Å². The zero-order valence-corrected chi connectivity index (χ0v) is 11.0. The summed E-state index contributed by atoms with van der Waals surface area (Å²) in [6.07, 6.45) is 2.45. The summed E-state index contributed by atoms with van der Waals surface area (Å²) in [7, 11) is 1.76. The van der Waals surface area contributed by atoms with Gasteiger partial charge in [0.05, 0.1) is 12.6 Å². The normalized spacial score (nSPS) is 16.4. The minimum atomic E-state index is -0.313. The van der Waals surface area contributed by atoms with Crippen LogP contribution in [0.3, 0.4) is 0 Å². The lowest BCUT2D eigenvalue weighted by Gasteiger charge is -2.20. The molecule has 2 amide bonds. The number of nitrogens with zero attached hydrogens (tertiary/aromatic N) is 1. The second kappa shape index (κ2) is 6.59. The number of amides is 2. The Bertz CT molecular complexity index is 277. The molecule has 5 heteroatoms. The van der Waals surface area contributed by atoms with E-state index in [2.05, 4.69) is 10.6 Å². The van der Waals surface area contributed by atoms with E-state index in [1.165, 1.54) is 12.8 Å². The van der Waals surface area contributed by atoms with Crippen molar-refractivity contribution < 1.29 is 9.59 Å². The molecular formula is C12H23N3O2. The zero-order chi connectivity index (χ0) is 12.8. The molecule has 1 atom stereocenters. The Morgan fingerprint density at radius 3 is 2.59 bits per heavy atom. The van der Waals surface area contributed by atoms with Gasteiger partial charge in [-0.2, -0.15) is 0 Å². The number of hydrogen-bond acceptors (Lipinski definition) is 3. The Kier molecular flexibility index (Phi) is 5.41. The summed E-state index contributed by atoms with van der Waals surface area (Å²) in [4.78, 5) is 24.8. The van der Waals surface area contributed by atoms with Crippen molar-refractivity contribution >= 4 is 11.8 Å². The number of carbonyl (C=O) groups excluding carboxylic acids is 2. The molecule has 0 aliphatic heterocycles. The molecule has 1 unspecified atom stereocenters. The molecule has 17 heavy (non-hydrogen) atoms. The van der Waals surface area contributed by atoms with Crippen LogP contribution in [0.5, 0.6) is 0 Å². The minimum absolute atomic E-state index is 0.0162. The van der Waals surface area contributed by atoms with Crippen molar-refractivity contribution in [3.8, 4) is 0 Å². The average Bonchev–Trinajstić information content (AvgIpc) is 3.15. The van der Waals surface area contributed by atoms with E-state index in [4.69, 9.17) is 0 Å². The second-order valence-electron chi connectivity index (χ2n) is 4.70. The van der Waals surface area contributed by atoms with Gasteiger partial charge in [-0.25, -0.2) is 0 Å². The van der Waals surface area contributed by atoms with Crippen molar-refractivity contribution in [2.24, 2.45) is 5.92 Å². The largest absolute Gasteiger partial charge is 0.355 e. The van der Waals surface area contributed by atoms with Crippen LogP contribution in [0.2, 0.25) is 0 Å². The van der Waals surface area contributed by atoms with Crippen LogP contribution in [0.15, 0.2) is 0 Å². The van der Waals surface area contributed by atoms with E-state index in [1.54, 1.807) is 18.9 Å². The lowest BCUT2D eigenvalue weighted by atomic mass is 10.3. The van der Waals surface area contributed by atoms with Gasteiger partial charge in [0.25, 0.3) is 0 Å². The molecule has 0 aromatic heterocycles. The Hall–Kier alpha value is -1.10. The third-order valence-electron chi connectivity index (χ3n) is 3.07. The topological polar surface area (TPSA) is 61.4 Å². The van der Waals surface area contributed by atoms with Crippen molar-refractivity contribution in [2.75, 3.05) is 26.7 Å². The van der Waals surface area contributed by atoms with Crippen LogP contribution >= 0.6 is 0 Å². The minimum Gasteiger partial charge on any atom is -0.355 e. The van der Waals surface area contributed by atoms with Gasteiger partial charge in [-0.1, -0.05) is 0 Å². The van der Waals surface area contributed by atoms with Crippen molar-refractivity contribution in [2.45, 2.75) is 32.7 Å². The van der Waals surface area contributed by atoms with E-state index in [9.17, 15) is 9.59 Å². The fourth-order valence-electron chi connectivity index (χ4n) is 1.46. The first-order valence-corrected chi connectivity index (χ1v) is 6.29. The third kappa shape index (κ3) is 5.17. The molecule has 1 rings (SSSR count). The molecule has 5 nitrogen and oxygen atoms in total. The van der Waals surface area contributed by atoms with Crippen LogP contribution in [0.1, 0.15) is 26.7 Å². The van der Waals surface area contributed by atoms with Gasteiger partial charge in [0, 0.05) is 20.1 Å². The maximum Gasteiger partial charge on any atom is 0.239 e. The van der Waals surface area contributed by atoms with Crippen LogP contribution in [-0.2, 0) is 9.59 Å². The maximum atomic E-state index is 11.7. The van der Waals surface area contributed by atoms with Crippen LogP contribution in [0, 0.1) is 5.92 Å². The van der Waals surface area contributed by atoms with Gasteiger partial charge < -0.3 is 10.2 Å². The monoisotopic (exact) mass is 241 g/mol. The Labute approximate surface area is 103 Å². The van der Waals surface area contributed by atoms with Crippen molar-refractivity contribution in [3.63, 3.8) is 0 Å². The highest BCUT2D eigenvalue weighted by Crippen LogP contribution is 2.27. The molecular weight excluding hydrogens is 218 g/mol. The van der Waals surface area contributed by atoms with Crippen molar-refractivity contribution in [3.05, 3.63) is 0 Å². The molecule has 98 valence electrons. The van der Waals surface area contributed by atoms with Gasteiger partial charge in [0.1, 0.15) is 0 Å². The molecule has 1 aliphatic carbocycles. The van der Waals surface area contributed by atoms with E-state index in [1.807, 2.05) is 6.92 Å². The summed E-state index contributed by atoms with van der Waals surface area (Å²) in [5.74, 6) is 0.669. The van der Waals surface area contributed by atoms with E-state index in [0.29, 0.717) is 12.5 Å². The SMILES string of the molecule is CCN(C)C(=O)C(C)NCC(=O)NCC1CC1. The molecule has 1 aliphatic rings.